The first-order valence-corrected chi connectivity index (χ1v) is 8.12. The smallest absolute Gasteiger partial charge is 0.255 e. The largest absolute Gasteiger partial charge is 0.506 e. The second-order valence-electron chi connectivity index (χ2n) is 5.00. The molecular formula is C14H17Br2NO2. The summed E-state index contributed by atoms with van der Waals surface area (Å²) in [5.74, 6) is 0.352. The normalized spacial score (nSPS) is 16.3. The van der Waals surface area contributed by atoms with E-state index < -0.39 is 0 Å². The van der Waals surface area contributed by atoms with Gasteiger partial charge in [-0.2, -0.15) is 0 Å². The summed E-state index contributed by atoms with van der Waals surface area (Å²) >= 11 is 6.55. The third-order valence-corrected chi connectivity index (χ3v) is 4.61. The van der Waals surface area contributed by atoms with Gasteiger partial charge < -0.3 is 10.4 Å². The maximum Gasteiger partial charge on any atom is 0.255 e. The average molecular weight is 391 g/mol. The average Bonchev–Trinajstić information content (AvgIpc) is 2.41. The van der Waals surface area contributed by atoms with Gasteiger partial charge in [0, 0.05) is 11.0 Å². The van der Waals surface area contributed by atoms with Crippen LogP contribution in [0, 0.1) is 5.92 Å². The second-order valence-corrected chi connectivity index (χ2v) is 6.77. The molecule has 0 heterocycles. The van der Waals surface area contributed by atoms with Gasteiger partial charge in [-0.15, -0.1) is 0 Å². The van der Waals surface area contributed by atoms with E-state index >= 15 is 0 Å². The second kappa shape index (κ2) is 6.75. The number of hydrogen-bond acceptors (Lipinski definition) is 2. The summed E-state index contributed by atoms with van der Waals surface area (Å²) in [4.78, 5) is 12.1. The molecule has 1 aromatic rings. The van der Waals surface area contributed by atoms with Crippen molar-refractivity contribution in [1.29, 1.82) is 0 Å². The first-order chi connectivity index (χ1) is 9.08. The first kappa shape index (κ1) is 14.9. The highest BCUT2D eigenvalue weighted by Crippen LogP contribution is 2.31. The van der Waals surface area contributed by atoms with Crippen LogP contribution in [0.1, 0.15) is 42.5 Å². The number of carbonyl (C=O) groups is 1. The number of aromatic hydroxyl groups is 1. The first-order valence-electron chi connectivity index (χ1n) is 6.54. The molecule has 0 saturated heterocycles. The van der Waals surface area contributed by atoms with Crippen molar-refractivity contribution in [2.45, 2.75) is 32.1 Å². The van der Waals surface area contributed by atoms with Gasteiger partial charge >= 0.3 is 0 Å². The fraction of sp³-hybridized carbons (Fsp3) is 0.500. The summed E-state index contributed by atoms with van der Waals surface area (Å²) in [6.45, 7) is 0.697. The van der Waals surface area contributed by atoms with Crippen LogP contribution in [-0.4, -0.2) is 17.6 Å². The van der Waals surface area contributed by atoms with Gasteiger partial charge in [-0.25, -0.2) is 0 Å². The van der Waals surface area contributed by atoms with Crippen LogP contribution in [0.15, 0.2) is 21.1 Å². The molecule has 0 bridgehead atoms. The van der Waals surface area contributed by atoms with Crippen LogP contribution in [-0.2, 0) is 0 Å². The Morgan fingerprint density at radius 3 is 2.63 bits per heavy atom. The third-order valence-electron chi connectivity index (χ3n) is 3.55. The molecule has 1 amide bonds. The molecule has 1 saturated carbocycles. The van der Waals surface area contributed by atoms with E-state index in [0.29, 0.717) is 22.5 Å². The van der Waals surface area contributed by atoms with Crippen molar-refractivity contribution in [1.82, 2.24) is 5.32 Å². The maximum absolute atomic E-state index is 12.1. The minimum absolute atomic E-state index is 0.00987. The standard InChI is InChI=1S/C14H17Br2NO2/c15-10-6-11(13(18)12(16)7-10)14(19)17-8-9-4-2-1-3-5-9/h6-7,9,18H,1-5,8H2,(H,17,19). The van der Waals surface area contributed by atoms with Crippen molar-refractivity contribution in [3.05, 3.63) is 26.6 Å². The summed E-state index contributed by atoms with van der Waals surface area (Å²) in [6, 6.07) is 3.35. The van der Waals surface area contributed by atoms with Crippen LogP contribution in [0.4, 0.5) is 0 Å². The third kappa shape index (κ3) is 3.96. The molecule has 0 atom stereocenters. The lowest BCUT2D eigenvalue weighted by molar-refractivity contribution is 0.0940. The fourth-order valence-electron chi connectivity index (χ4n) is 2.46. The molecule has 104 valence electrons. The van der Waals surface area contributed by atoms with Crippen molar-refractivity contribution in [3.8, 4) is 5.75 Å². The van der Waals surface area contributed by atoms with E-state index in [-0.39, 0.29) is 11.7 Å². The highest BCUT2D eigenvalue weighted by atomic mass is 79.9. The van der Waals surface area contributed by atoms with Crippen LogP contribution >= 0.6 is 31.9 Å². The number of nitrogens with one attached hydrogen (secondary N) is 1. The monoisotopic (exact) mass is 389 g/mol. The minimum Gasteiger partial charge on any atom is -0.506 e. The van der Waals surface area contributed by atoms with Gasteiger partial charge in [-0.3, -0.25) is 4.79 Å². The highest BCUT2D eigenvalue weighted by molar-refractivity contribution is 9.11. The van der Waals surface area contributed by atoms with Gasteiger partial charge in [0.25, 0.3) is 5.91 Å². The quantitative estimate of drug-likeness (QED) is 0.811. The summed E-state index contributed by atoms with van der Waals surface area (Å²) in [5.41, 5.74) is 0.303. The van der Waals surface area contributed by atoms with E-state index in [1.54, 1.807) is 12.1 Å². The Labute approximate surface area is 130 Å². The van der Waals surface area contributed by atoms with Gasteiger partial charge in [0.2, 0.25) is 0 Å². The number of halogens is 2. The maximum atomic E-state index is 12.1. The number of phenols is 1. The molecule has 1 aromatic carbocycles. The number of phenolic OH excluding ortho intramolecular Hbond substituents is 1. The lowest BCUT2D eigenvalue weighted by Gasteiger charge is -2.21. The summed E-state index contributed by atoms with van der Waals surface area (Å²) in [5, 5.41) is 12.8. The molecule has 0 aromatic heterocycles. The zero-order valence-electron chi connectivity index (χ0n) is 10.6. The molecule has 0 aliphatic heterocycles. The SMILES string of the molecule is O=C(NCC1CCCCC1)c1cc(Br)cc(Br)c1O. The Bertz CT molecular complexity index is 471. The molecule has 0 unspecified atom stereocenters. The van der Waals surface area contributed by atoms with Gasteiger partial charge in [0.05, 0.1) is 10.0 Å². The highest BCUT2D eigenvalue weighted by Gasteiger charge is 2.18. The molecule has 1 aliphatic rings. The number of hydrogen-bond donors (Lipinski definition) is 2. The van der Waals surface area contributed by atoms with Crippen molar-refractivity contribution >= 4 is 37.8 Å². The molecule has 5 heteroatoms. The van der Waals surface area contributed by atoms with Crippen LogP contribution in [0.3, 0.4) is 0 Å². The molecule has 1 fully saturated rings. The van der Waals surface area contributed by atoms with E-state index in [9.17, 15) is 9.90 Å². The van der Waals surface area contributed by atoms with Gasteiger partial charge in [-0.05, 0) is 46.8 Å². The minimum atomic E-state index is -0.218. The molecular weight excluding hydrogens is 374 g/mol. The zero-order valence-corrected chi connectivity index (χ0v) is 13.8. The van der Waals surface area contributed by atoms with Crippen LogP contribution in [0.5, 0.6) is 5.75 Å². The Morgan fingerprint density at radius 1 is 1.26 bits per heavy atom. The predicted molar refractivity (Wildman–Crippen MR) is 82.4 cm³/mol. The summed E-state index contributed by atoms with van der Waals surface area (Å²) in [7, 11) is 0. The Kier molecular flexibility index (Phi) is 5.28. The number of rotatable bonds is 3. The van der Waals surface area contributed by atoms with E-state index in [1.807, 2.05) is 0 Å². The number of carbonyl (C=O) groups excluding carboxylic acids is 1. The van der Waals surface area contributed by atoms with E-state index in [0.717, 1.165) is 4.47 Å². The zero-order chi connectivity index (χ0) is 13.8. The van der Waals surface area contributed by atoms with Crippen LogP contribution in [0.25, 0.3) is 0 Å². The molecule has 3 nitrogen and oxygen atoms in total. The Hall–Kier alpha value is -0.550. The molecule has 0 radical (unpaired) electrons. The summed E-state index contributed by atoms with van der Waals surface area (Å²) < 4.78 is 1.28. The Balaban J connectivity index is 1.99. The van der Waals surface area contributed by atoms with Crippen molar-refractivity contribution < 1.29 is 9.90 Å². The molecule has 0 spiro atoms. The van der Waals surface area contributed by atoms with Crippen molar-refractivity contribution in [3.63, 3.8) is 0 Å². The fourth-order valence-corrected chi connectivity index (χ4v) is 3.69. The van der Waals surface area contributed by atoms with E-state index in [4.69, 9.17) is 0 Å². The molecule has 19 heavy (non-hydrogen) atoms. The van der Waals surface area contributed by atoms with Gasteiger partial charge in [0.1, 0.15) is 5.75 Å². The molecule has 2 rings (SSSR count). The number of benzene rings is 1. The molecule has 1 aliphatic carbocycles. The van der Waals surface area contributed by atoms with Gasteiger partial charge in [-0.1, -0.05) is 35.2 Å². The van der Waals surface area contributed by atoms with Crippen molar-refractivity contribution in [2.75, 3.05) is 6.54 Å². The van der Waals surface area contributed by atoms with E-state index in [2.05, 4.69) is 37.2 Å². The van der Waals surface area contributed by atoms with Gasteiger partial charge in [0.15, 0.2) is 0 Å². The van der Waals surface area contributed by atoms with E-state index in [1.165, 1.54) is 32.1 Å². The van der Waals surface area contributed by atoms with Crippen molar-refractivity contribution in [2.24, 2.45) is 5.92 Å². The lowest BCUT2D eigenvalue weighted by Crippen LogP contribution is -2.30. The topological polar surface area (TPSA) is 49.3 Å². The molecule has 2 N–H and O–H groups in total. The van der Waals surface area contributed by atoms with Crippen LogP contribution < -0.4 is 5.32 Å². The Morgan fingerprint density at radius 2 is 1.95 bits per heavy atom. The lowest BCUT2D eigenvalue weighted by atomic mass is 9.89. The van der Waals surface area contributed by atoms with Crippen LogP contribution in [0.2, 0.25) is 0 Å². The predicted octanol–water partition coefficient (Wildman–Crippen LogP) is 4.23. The number of amides is 1. The summed E-state index contributed by atoms with van der Waals surface area (Å²) in [6.07, 6.45) is 6.20.